The van der Waals surface area contributed by atoms with Gasteiger partial charge in [0.25, 0.3) is 0 Å². The highest BCUT2D eigenvalue weighted by Crippen LogP contribution is 2.10. The van der Waals surface area contributed by atoms with E-state index in [1.165, 1.54) is 4.88 Å². The Morgan fingerprint density at radius 3 is 2.94 bits per heavy atom. The van der Waals surface area contributed by atoms with Crippen molar-refractivity contribution in [3.8, 4) is 0 Å². The first-order valence-corrected chi connectivity index (χ1v) is 6.02. The molecule has 86 valence electrons. The first-order valence-electron chi connectivity index (χ1n) is 5.20. The Morgan fingerprint density at radius 2 is 2.31 bits per heavy atom. The molecule has 0 aliphatic rings. The van der Waals surface area contributed by atoms with Gasteiger partial charge in [0.15, 0.2) is 5.82 Å². The van der Waals surface area contributed by atoms with E-state index in [0.29, 0.717) is 0 Å². The fraction of sp³-hybridized carbons (Fsp3) is 0.500. The Balaban J connectivity index is 1.69. The molecule has 0 spiro atoms. The smallest absolute Gasteiger partial charge is 0.151 e. The maximum absolute atomic E-state index is 4.22. The van der Waals surface area contributed by atoms with Crippen LogP contribution in [0.4, 0.5) is 0 Å². The molecular formula is C10H15N5S. The van der Waals surface area contributed by atoms with E-state index in [-0.39, 0.29) is 0 Å². The molecule has 0 saturated carbocycles. The van der Waals surface area contributed by atoms with Gasteiger partial charge in [0, 0.05) is 37.6 Å². The Bertz CT molecular complexity index is 405. The predicted molar refractivity (Wildman–Crippen MR) is 63.3 cm³/mol. The van der Waals surface area contributed by atoms with Crippen molar-refractivity contribution in [3.05, 3.63) is 28.2 Å². The lowest BCUT2D eigenvalue weighted by atomic mass is 10.4. The summed E-state index contributed by atoms with van der Waals surface area (Å²) in [5.41, 5.74) is 0. The molecule has 2 aromatic rings. The Hall–Kier alpha value is -1.27. The van der Waals surface area contributed by atoms with Gasteiger partial charge in [-0.05, 0) is 6.92 Å². The van der Waals surface area contributed by atoms with Crippen molar-refractivity contribution in [2.45, 2.75) is 19.9 Å². The van der Waals surface area contributed by atoms with Crippen LogP contribution >= 0.6 is 11.3 Å². The molecule has 2 aromatic heterocycles. The summed E-state index contributed by atoms with van der Waals surface area (Å²) in [6.07, 6.45) is 4.51. The van der Waals surface area contributed by atoms with Gasteiger partial charge in [0.05, 0.1) is 5.01 Å². The number of aromatic nitrogens is 4. The molecule has 5 nitrogen and oxygen atoms in total. The van der Waals surface area contributed by atoms with Crippen molar-refractivity contribution >= 4 is 11.3 Å². The SMILES string of the molecule is Cc1ncc(CNCCc2ncn(C)n2)s1. The second-order valence-electron chi connectivity index (χ2n) is 3.61. The van der Waals surface area contributed by atoms with Crippen LogP contribution in [0.2, 0.25) is 0 Å². The van der Waals surface area contributed by atoms with Crippen LogP contribution in [0.25, 0.3) is 0 Å². The van der Waals surface area contributed by atoms with Gasteiger partial charge < -0.3 is 5.32 Å². The standard InChI is InChI=1S/C10H15N5S/c1-8-12-6-9(16-8)5-11-4-3-10-13-7-15(2)14-10/h6-7,11H,3-5H2,1-2H3. The zero-order valence-corrected chi connectivity index (χ0v) is 10.3. The minimum atomic E-state index is 0.860. The third-order valence-corrected chi connectivity index (χ3v) is 3.05. The van der Waals surface area contributed by atoms with Crippen LogP contribution in [-0.4, -0.2) is 26.3 Å². The highest BCUT2D eigenvalue weighted by Gasteiger charge is 2.00. The number of nitrogens with one attached hydrogen (secondary N) is 1. The average molecular weight is 237 g/mol. The minimum absolute atomic E-state index is 0.860. The summed E-state index contributed by atoms with van der Waals surface area (Å²) in [5, 5.41) is 8.68. The van der Waals surface area contributed by atoms with Gasteiger partial charge in [-0.1, -0.05) is 0 Å². The molecule has 0 atom stereocenters. The van der Waals surface area contributed by atoms with Crippen LogP contribution in [0, 0.1) is 6.92 Å². The first kappa shape index (κ1) is 11.2. The molecule has 0 amide bonds. The molecule has 0 bridgehead atoms. The van der Waals surface area contributed by atoms with Crippen molar-refractivity contribution in [3.63, 3.8) is 0 Å². The lowest BCUT2D eigenvalue weighted by molar-refractivity contribution is 0.665. The van der Waals surface area contributed by atoms with Crippen LogP contribution in [0.1, 0.15) is 15.7 Å². The molecule has 0 radical (unpaired) electrons. The van der Waals surface area contributed by atoms with Gasteiger partial charge in [-0.25, -0.2) is 9.97 Å². The molecule has 1 N–H and O–H groups in total. The molecule has 0 aliphatic carbocycles. The molecular weight excluding hydrogens is 222 g/mol. The van der Waals surface area contributed by atoms with Crippen molar-refractivity contribution in [2.75, 3.05) is 6.54 Å². The summed E-state index contributed by atoms with van der Waals surface area (Å²) in [5.74, 6) is 0.885. The molecule has 0 saturated heterocycles. The van der Waals surface area contributed by atoms with E-state index in [0.717, 1.165) is 30.3 Å². The van der Waals surface area contributed by atoms with Gasteiger partial charge in [-0.3, -0.25) is 4.68 Å². The van der Waals surface area contributed by atoms with Gasteiger partial charge in [-0.15, -0.1) is 11.3 Å². The van der Waals surface area contributed by atoms with Crippen molar-refractivity contribution in [2.24, 2.45) is 7.05 Å². The third-order valence-electron chi connectivity index (χ3n) is 2.14. The van der Waals surface area contributed by atoms with E-state index < -0.39 is 0 Å². The maximum Gasteiger partial charge on any atom is 0.151 e. The Kier molecular flexibility index (Phi) is 3.63. The van der Waals surface area contributed by atoms with Crippen molar-refractivity contribution < 1.29 is 0 Å². The van der Waals surface area contributed by atoms with E-state index in [2.05, 4.69) is 20.4 Å². The number of rotatable bonds is 5. The normalized spacial score (nSPS) is 10.9. The number of nitrogens with zero attached hydrogens (tertiary/aromatic N) is 4. The third kappa shape index (κ3) is 3.11. The Morgan fingerprint density at radius 1 is 1.44 bits per heavy atom. The summed E-state index contributed by atoms with van der Waals surface area (Å²) in [4.78, 5) is 9.64. The van der Waals surface area contributed by atoms with E-state index >= 15 is 0 Å². The molecule has 2 heterocycles. The second-order valence-corrected chi connectivity index (χ2v) is 4.93. The van der Waals surface area contributed by atoms with Crippen LogP contribution < -0.4 is 5.32 Å². The molecule has 0 fully saturated rings. The lowest BCUT2D eigenvalue weighted by Gasteiger charge is -1.99. The van der Waals surface area contributed by atoms with E-state index in [9.17, 15) is 0 Å². The molecule has 2 rings (SSSR count). The Labute approximate surface area is 98.5 Å². The van der Waals surface area contributed by atoms with Crippen LogP contribution in [0.5, 0.6) is 0 Å². The molecule has 16 heavy (non-hydrogen) atoms. The monoisotopic (exact) mass is 237 g/mol. The largest absolute Gasteiger partial charge is 0.311 e. The zero-order chi connectivity index (χ0) is 11.4. The maximum atomic E-state index is 4.22. The summed E-state index contributed by atoms with van der Waals surface area (Å²) >= 11 is 1.73. The predicted octanol–water partition coefficient (Wildman–Crippen LogP) is 0.912. The fourth-order valence-corrected chi connectivity index (χ4v) is 2.16. The highest BCUT2D eigenvalue weighted by molar-refractivity contribution is 7.11. The minimum Gasteiger partial charge on any atom is -0.311 e. The van der Waals surface area contributed by atoms with Crippen molar-refractivity contribution in [1.29, 1.82) is 0 Å². The quantitative estimate of drug-likeness (QED) is 0.785. The zero-order valence-electron chi connectivity index (χ0n) is 9.47. The fourth-order valence-electron chi connectivity index (χ4n) is 1.40. The lowest BCUT2D eigenvalue weighted by Crippen LogP contribution is -2.16. The van der Waals surface area contributed by atoms with Gasteiger partial charge in [0.2, 0.25) is 0 Å². The molecule has 0 aromatic carbocycles. The average Bonchev–Trinajstić information content (AvgIpc) is 2.83. The second kappa shape index (κ2) is 5.18. The number of hydrogen-bond donors (Lipinski definition) is 1. The van der Waals surface area contributed by atoms with Crippen LogP contribution in [0.3, 0.4) is 0 Å². The van der Waals surface area contributed by atoms with Crippen LogP contribution in [0.15, 0.2) is 12.5 Å². The van der Waals surface area contributed by atoms with E-state index in [1.54, 1.807) is 22.3 Å². The summed E-state index contributed by atoms with van der Waals surface area (Å²) in [6.45, 7) is 3.78. The highest BCUT2D eigenvalue weighted by atomic mass is 32.1. The van der Waals surface area contributed by atoms with E-state index in [4.69, 9.17) is 0 Å². The summed E-state index contributed by atoms with van der Waals surface area (Å²) in [7, 11) is 1.88. The van der Waals surface area contributed by atoms with Gasteiger partial charge in [-0.2, -0.15) is 5.10 Å². The number of thiazole rings is 1. The van der Waals surface area contributed by atoms with Crippen LogP contribution in [-0.2, 0) is 20.0 Å². The van der Waals surface area contributed by atoms with Gasteiger partial charge >= 0.3 is 0 Å². The van der Waals surface area contributed by atoms with Gasteiger partial charge in [0.1, 0.15) is 6.33 Å². The number of hydrogen-bond acceptors (Lipinski definition) is 5. The number of aryl methyl sites for hydroxylation is 2. The molecule has 0 unspecified atom stereocenters. The van der Waals surface area contributed by atoms with Crippen molar-refractivity contribution in [1.82, 2.24) is 25.1 Å². The topological polar surface area (TPSA) is 55.6 Å². The first-order chi connectivity index (χ1) is 7.74. The molecule has 6 heteroatoms. The molecule has 0 aliphatic heterocycles. The van der Waals surface area contributed by atoms with E-state index in [1.807, 2.05) is 20.2 Å². The summed E-state index contributed by atoms with van der Waals surface area (Å²) in [6, 6.07) is 0. The summed E-state index contributed by atoms with van der Waals surface area (Å²) < 4.78 is 1.72.